The van der Waals surface area contributed by atoms with Gasteiger partial charge in [0.15, 0.2) is 11.6 Å². The third-order valence-electron chi connectivity index (χ3n) is 6.95. The van der Waals surface area contributed by atoms with E-state index in [-0.39, 0.29) is 31.9 Å². The lowest BCUT2D eigenvalue weighted by molar-refractivity contribution is -0.155. The van der Waals surface area contributed by atoms with E-state index in [9.17, 15) is 9.59 Å². The summed E-state index contributed by atoms with van der Waals surface area (Å²) in [6.07, 6.45) is -0.427. The average Bonchev–Trinajstić information content (AvgIpc) is 3.40. The summed E-state index contributed by atoms with van der Waals surface area (Å²) in [5.41, 5.74) is -0.196. The topological polar surface area (TPSA) is 116 Å². The number of ether oxygens (including phenoxy) is 4. The number of esters is 1. The molecule has 1 aliphatic rings. The van der Waals surface area contributed by atoms with E-state index in [1.165, 1.54) is 0 Å². The van der Waals surface area contributed by atoms with Crippen LogP contribution in [0.5, 0.6) is 11.5 Å². The molecule has 0 aromatic heterocycles. The maximum atomic E-state index is 14.3. The smallest absolute Gasteiger partial charge is 0.306 e. The van der Waals surface area contributed by atoms with Crippen molar-refractivity contribution in [2.45, 2.75) is 63.8 Å². The summed E-state index contributed by atoms with van der Waals surface area (Å²) in [5.74, 6) is 0.582. The van der Waals surface area contributed by atoms with E-state index >= 15 is 0 Å². The van der Waals surface area contributed by atoms with E-state index in [1.807, 2.05) is 30.3 Å². The molecule has 0 aliphatic carbocycles. The molecule has 0 spiro atoms. The largest absolute Gasteiger partial charge is 0.497 e. The third-order valence-corrected chi connectivity index (χ3v) is 7.32. The number of benzene rings is 3. The van der Waals surface area contributed by atoms with Gasteiger partial charge >= 0.3 is 5.97 Å². The molecule has 3 aromatic carbocycles. The molecular weight excluding hydrogens is 584 g/mol. The van der Waals surface area contributed by atoms with Crippen LogP contribution in [0.15, 0.2) is 77.8 Å². The number of hydrogen-bond donors (Lipinski definition) is 2. The highest BCUT2D eigenvalue weighted by molar-refractivity contribution is 6.31. The van der Waals surface area contributed by atoms with Crippen LogP contribution >= 0.6 is 11.6 Å². The van der Waals surface area contributed by atoms with Crippen LogP contribution < -0.4 is 14.8 Å². The summed E-state index contributed by atoms with van der Waals surface area (Å²) in [7, 11) is 1.56. The minimum absolute atomic E-state index is 0.0179. The lowest BCUT2D eigenvalue weighted by atomic mass is 9.83. The quantitative estimate of drug-likeness (QED) is 0.183. The molecule has 1 aliphatic heterocycles. The Morgan fingerprint density at radius 2 is 1.80 bits per heavy atom. The SMILES string of the molecule is COc1cccc([C@H]2OC(c3ccc(OCCCO)cc3)=N[C@@]2(CCC(=O)OC(C)(C)C)C(=O)NCc2ccccc2Cl)c1. The molecule has 2 atom stereocenters. The number of nitrogens with one attached hydrogen (secondary N) is 1. The van der Waals surface area contributed by atoms with Gasteiger partial charge < -0.3 is 29.4 Å². The Hall–Kier alpha value is -4.08. The van der Waals surface area contributed by atoms with Crippen molar-refractivity contribution in [2.24, 2.45) is 4.99 Å². The number of hydrogen-bond acceptors (Lipinski definition) is 8. The number of carbonyl (C=O) groups excluding carboxylic acids is 2. The summed E-state index contributed by atoms with van der Waals surface area (Å²) in [4.78, 5) is 32.2. The van der Waals surface area contributed by atoms with Crippen molar-refractivity contribution in [3.63, 3.8) is 0 Å². The molecule has 2 N–H and O–H groups in total. The zero-order valence-electron chi connectivity index (χ0n) is 25.5. The van der Waals surface area contributed by atoms with Gasteiger partial charge in [0, 0.05) is 36.6 Å². The minimum atomic E-state index is -1.53. The monoisotopic (exact) mass is 622 g/mol. The number of rotatable bonds is 13. The standard InChI is InChI=1S/C34H39ClN2O7/c1-33(2,3)44-29(39)17-18-34(32(40)36-22-25-9-5-6-12-28(25)35)30(24-10-7-11-27(21-24)41-4)43-31(37-34)23-13-15-26(16-14-23)42-20-8-19-38/h5-7,9-16,21,30,38H,8,17-20,22H2,1-4H3,(H,36,40)/t30-,34-/m1/s1. The molecule has 10 heteroatoms. The van der Waals surface area contributed by atoms with E-state index in [0.29, 0.717) is 40.7 Å². The Morgan fingerprint density at radius 3 is 2.48 bits per heavy atom. The van der Waals surface area contributed by atoms with Gasteiger partial charge in [0.25, 0.3) is 5.91 Å². The maximum Gasteiger partial charge on any atom is 0.306 e. The van der Waals surface area contributed by atoms with Crippen molar-refractivity contribution in [1.82, 2.24) is 5.32 Å². The highest BCUT2D eigenvalue weighted by Gasteiger charge is 2.53. The fraction of sp³-hybridized carbons (Fsp3) is 0.382. The molecule has 4 rings (SSSR count). The predicted molar refractivity (Wildman–Crippen MR) is 168 cm³/mol. The molecule has 0 radical (unpaired) electrons. The van der Waals surface area contributed by atoms with Gasteiger partial charge in [-0.3, -0.25) is 9.59 Å². The van der Waals surface area contributed by atoms with Gasteiger partial charge in [-0.15, -0.1) is 0 Å². The summed E-state index contributed by atoms with van der Waals surface area (Å²) in [5, 5.41) is 12.6. The number of methoxy groups -OCH3 is 1. The number of aliphatic hydroxyl groups is 1. The lowest BCUT2D eigenvalue weighted by Gasteiger charge is -2.31. The third kappa shape index (κ3) is 8.30. The predicted octanol–water partition coefficient (Wildman–Crippen LogP) is 5.81. The molecular formula is C34H39ClN2O7. The molecule has 3 aromatic rings. The van der Waals surface area contributed by atoms with Crippen molar-refractivity contribution in [3.8, 4) is 11.5 Å². The van der Waals surface area contributed by atoms with Crippen LogP contribution in [0.3, 0.4) is 0 Å². The average molecular weight is 623 g/mol. The van der Waals surface area contributed by atoms with Gasteiger partial charge in [-0.1, -0.05) is 41.9 Å². The minimum Gasteiger partial charge on any atom is -0.497 e. The second-order valence-electron chi connectivity index (χ2n) is 11.4. The molecule has 0 bridgehead atoms. The number of amides is 1. The Bertz CT molecular complexity index is 1470. The zero-order valence-corrected chi connectivity index (χ0v) is 26.2. The molecule has 0 fully saturated rings. The molecule has 9 nitrogen and oxygen atoms in total. The molecule has 1 heterocycles. The van der Waals surface area contributed by atoms with E-state index in [2.05, 4.69) is 5.32 Å². The second kappa shape index (κ2) is 14.6. The second-order valence-corrected chi connectivity index (χ2v) is 11.8. The molecule has 1 amide bonds. The Labute approximate surface area is 263 Å². The highest BCUT2D eigenvalue weighted by atomic mass is 35.5. The van der Waals surface area contributed by atoms with Gasteiger partial charge in [0.05, 0.1) is 13.7 Å². The fourth-order valence-corrected chi connectivity index (χ4v) is 5.03. The van der Waals surface area contributed by atoms with Gasteiger partial charge in [-0.05, 0) is 80.8 Å². The van der Waals surface area contributed by atoms with Crippen molar-refractivity contribution in [3.05, 3.63) is 94.5 Å². The highest BCUT2D eigenvalue weighted by Crippen LogP contribution is 2.44. The number of aliphatic hydroxyl groups excluding tert-OH is 1. The summed E-state index contributed by atoms with van der Waals surface area (Å²) in [6, 6.07) is 21.6. The summed E-state index contributed by atoms with van der Waals surface area (Å²) >= 11 is 6.38. The Balaban J connectivity index is 1.74. The van der Waals surface area contributed by atoms with Gasteiger partial charge in [-0.2, -0.15) is 0 Å². The van der Waals surface area contributed by atoms with Crippen molar-refractivity contribution < 1.29 is 33.6 Å². The van der Waals surface area contributed by atoms with Crippen LogP contribution in [0.4, 0.5) is 0 Å². The van der Waals surface area contributed by atoms with Crippen LogP contribution in [-0.4, -0.2) is 54.3 Å². The van der Waals surface area contributed by atoms with Gasteiger partial charge in [0.1, 0.15) is 17.1 Å². The molecule has 234 valence electrons. The first-order valence-electron chi connectivity index (χ1n) is 14.5. The van der Waals surface area contributed by atoms with Crippen LogP contribution in [0.25, 0.3) is 0 Å². The zero-order chi connectivity index (χ0) is 31.7. The van der Waals surface area contributed by atoms with Crippen molar-refractivity contribution in [1.29, 1.82) is 0 Å². The van der Waals surface area contributed by atoms with E-state index in [1.54, 1.807) is 70.3 Å². The Morgan fingerprint density at radius 1 is 1.05 bits per heavy atom. The van der Waals surface area contributed by atoms with E-state index < -0.39 is 29.1 Å². The number of halogens is 1. The van der Waals surface area contributed by atoms with Crippen LogP contribution in [0.2, 0.25) is 5.02 Å². The molecule has 0 saturated heterocycles. The first kappa shape index (κ1) is 32.8. The van der Waals surface area contributed by atoms with Crippen molar-refractivity contribution >= 4 is 29.4 Å². The fourth-order valence-electron chi connectivity index (χ4n) is 4.83. The molecule has 0 unspecified atom stereocenters. The maximum absolute atomic E-state index is 14.3. The normalized spacial score (nSPS) is 17.8. The first-order chi connectivity index (χ1) is 21.0. The van der Waals surface area contributed by atoms with Gasteiger partial charge in [-0.25, -0.2) is 4.99 Å². The number of aliphatic imine (C=N–C) groups is 1. The Kier molecular flexibility index (Phi) is 10.9. The summed E-state index contributed by atoms with van der Waals surface area (Å²) < 4.78 is 23.2. The molecule has 0 saturated carbocycles. The number of nitrogens with zero attached hydrogens (tertiary/aromatic N) is 1. The van der Waals surface area contributed by atoms with E-state index in [4.69, 9.17) is 40.6 Å². The van der Waals surface area contributed by atoms with Crippen LogP contribution in [-0.2, 0) is 25.6 Å². The van der Waals surface area contributed by atoms with E-state index in [0.717, 1.165) is 5.56 Å². The lowest BCUT2D eigenvalue weighted by Crippen LogP contribution is -2.48. The first-order valence-corrected chi connectivity index (χ1v) is 14.9. The van der Waals surface area contributed by atoms with Crippen LogP contribution in [0, 0.1) is 0 Å². The summed E-state index contributed by atoms with van der Waals surface area (Å²) in [6.45, 7) is 5.96. The van der Waals surface area contributed by atoms with Gasteiger partial charge in [0.2, 0.25) is 5.90 Å². The number of carbonyl (C=O) groups is 2. The molecule has 44 heavy (non-hydrogen) atoms. The van der Waals surface area contributed by atoms with Crippen LogP contribution in [0.1, 0.15) is 62.8 Å². The van der Waals surface area contributed by atoms with Crippen molar-refractivity contribution in [2.75, 3.05) is 20.3 Å².